The fourth-order valence-corrected chi connectivity index (χ4v) is 3.46. The third-order valence-corrected chi connectivity index (χ3v) is 5.35. The van der Waals surface area contributed by atoms with Gasteiger partial charge >= 0.3 is 12.1 Å². The summed E-state index contributed by atoms with van der Waals surface area (Å²) in [5.74, 6) is -0.465. The average Bonchev–Trinajstić information content (AvgIpc) is 2.72. The molecule has 0 aliphatic rings. The first-order valence-corrected chi connectivity index (χ1v) is 11.9. The van der Waals surface area contributed by atoms with Crippen LogP contribution in [0.5, 0.6) is 0 Å². The van der Waals surface area contributed by atoms with Crippen molar-refractivity contribution < 1.29 is 24.2 Å². The predicted molar refractivity (Wildman–Crippen MR) is 128 cm³/mol. The fourth-order valence-electron chi connectivity index (χ4n) is 3.46. The number of ether oxygens (including phenoxy) is 2. The van der Waals surface area contributed by atoms with E-state index in [1.165, 1.54) is 51.0 Å². The smallest absolute Gasteiger partial charge is 0.408 e. The summed E-state index contributed by atoms with van der Waals surface area (Å²) in [6, 6.07) is 8.48. The van der Waals surface area contributed by atoms with E-state index in [0.29, 0.717) is 12.8 Å². The van der Waals surface area contributed by atoms with Gasteiger partial charge in [0, 0.05) is 6.92 Å². The largest absolute Gasteiger partial charge is 0.463 e. The lowest BCUT2D eigenvalue weighted by Crippen LogP contribution is -2.56. The molecule has 1 rings (SSSR count). The Labute approximate surface area is 194 Å². The molecule has 1 atom stereocenters. The lowest BCUT2D eigenvalue weighted by Gasteiger charge is -2.33. The molecule has 0 radical (unpaired) electrons. The number of alkyl carbamates (subject to hydrolysis) is 1. The van der Waals surface area contributed by atoms with E-state index in [1.807, 2.05) is 0 Å². The molecule has 32 heavy (non-hydrogen) atoms. The van der Waals surface area contributed by atoms with Gasteiger partial charge in [-0.25, -0.2) is 4.79 Å². The van der Waals surface area contributed by atoms with Crippen molar-refractivity contribution in [2.24, 2.45) is 0 Å². The molecule has 0 saturated heterocycles. The highest BCUT2D eigenvalue weighted by Gasteiger charge is 2.34. The van der Waals surface area contributed by atoms with Crippen LogP contribution in [0.4, 0.5) is 4.79 Å². The summed E-state index contributed by atoms with van der Waals surface area (Å²) in [5, 5.41) is 12.8. The molecule has 0 heterocycles. The van der Waals surface area contributed by atoms with Crippen LogP contribution in [0.2, 0.25) is 0 Å². The first kappa shape index (κ1) is 28.0. The minimum atomic E-state index is -1.11. The number of benzene rings is 1. The van der Waals surface area contributed by atoms with Crippen LogP contribution < -0.4 is 5.32 Å². The van der Waals surface area contributed by atoms with Crippen molar-refractivity contribution in [1.82, 2.24) is 5.32 Å². The molecule has 6 nitrogen and oxygen atoms in total. The maximum absolute atomic E-state index is 12.3. The topological polar surface area (TPSA) is 84.9 Å². The summed E-state index contributed by atoms with van der Waals surface area (Å²) in [4.78, 5) is 23.7. The van der Waals surface area contributed by atoms with E-state index in [2.05, 4.69) is 36.5 Å². The van der Waals surface area contributed by atoms with E-state index >= 15 is 0 Å². The van der Waals surface area contributed by atoms with Gasteiger partial charge in [0.05, 0.1) is 6.61 Å². The van der Waals surface area contributed by atoms with E-state index in [1.54, 1.807) is 20.8 Å². The molecule has 1 aromatic carbocycles. The molecule has 0 saturated carbocycles. The minimum Gasteiger partial charge on any atom is -0.463 e. The number of hydrogen-bond donors (Lipinski definition) is 2. The number of nitrogens with one attached hydrogen (secondary N) is 1. The van der Waals surface area contributed by atoms with Gasteiger partial charge in [0.25, 0.3) is 0 Å². The number of esters is 1. The summed E-state index contributed by atoms with van der Waals surface area (Å²) in [7, 11) is 0. The summed E-state index contributed by atoms with van der Waals surface area (Å²) < 4.78 is 10.5. The van der Waals surface area contributed by atoms with E-state index < -0.39 is 23.2 Å². The number of hydrogen-bond acceptors (Lipinski definition) is 5. The van der Waals surface area contributed by atoms with Gasteiger partial charge in [-0.15, -0.1) is 0 Å². The molecule has 0 spiro atoms. The van der Waals surface area contributed by atoms with Crippen molar-refractivity contribution in [2.75, 3.05) is 13.2 Å². The Kier molecular flexibility index (Phi) is 12.4. The van der Waals surface area contributed by atoms with Gasteiger partial charge in [0.15, 0.2) is 0 Å². The van der Waals surface area contributed by atoms with E-state index in [4.69, 9.17) is 9.47 Å². The number of aliphatic hydroxyl groups is 1. The summed E-state index contributed by atoms with van der Waals surface area (Å²) in [6.07, 6.45) is 9.17. The van der Waals surface area contributed by atoms with E-state index in [0.717, 1.165) is 12.0 Å². The molecule has 6 heteroatoms. The highest BCUT2D eigenvalue weighted by molar-refractivity contribution is 5.69. The quantitative estimate of drug-likeness (QED) is 0.296. The second-order valence-corrected chi connectivity index (χ2v) is 9.68. The molecule has 0 bridgehead atoms. The normalized spacial score (nSPS) is 13.3. The predicted octanol–water partition coefficient (Wildman–Crippen LogP) is 5.34. The van der Waals surface area contributed by atoms with E-state index in [9.17, 15) is 14.7 Å². The first-order chi connectivity index (χ1) is 15.1. The van der Waals surface area contributed by atoms with E-state index in [-0.39, 0.29) is 13.2 Å². The van der Waals surface area contributed by atoms with Crippen LogP contribution in [0.15, 0.2) is 24.3 Å². The van der Waals surface area contributed by atoms with Crippen molar-refractivity contribution in [3.05, 3.63) is 35.4 Å². The molecule has 1 unspecified atom stereocenters. The zero-order chi connectivity index (χ0) is 24.0. The van der Waals surface area contributed by atoms with Crippen LogP contribution in [0.1, 0.15) is 90.7 Å². The SMILES string of the molecule is CCCCCCCCc1ccc(CCC(CO)(COC(C)=O)NC(=O)OC(C)(C)C)cc1. The van der Waals surface area contributed by atoms with Crippen LogP contribution in [0.3, 0.4) is 0 Å². The number of carbonyl (C=O) groups is 2. The second kappa shape index (κ2) is 14.1. The maximum Gasteiger partial charge on any atom is 0.408 e. The highest BCUT2D eigenvalue weighted by Crippen LogP contribution is 2.19. The Morgan fingerprint density at radius 3 is 2.03 bits per heavy atom. The standard InChI is InChI=1S/C26H43NO5/c1-6-7-8-9-10-11-12-22-13-15-23(16-14-22)17-18-26(19-28,20-31-21(2)29)27-24(30)32-25(3,4)5/h13-16,28H,6-12,17-20H2,1-5H3,(H,27,30). The Morgan fingerprint density at radius 1 is 0.938 bits per heavy atom. The van der Waals surface area contributed by atoms with Gasteiger partial charge in [-0.1, -0.05) is 63.3 Å². The Balaban J connectivity index is 2.67. The average molecular weight is 450 g/mol. The zero-order valence-corrected chi connectivity index (χ0v) is 20.7. The third kappa shape index (κ3) is 12.1. The molecule has 0 aromatic heterocycles. The number of carbonyl (C=O) groups excluding carboxylic acids is 2. The van der Waals surface area contributed by atoms with Crippen LogP contribution in [-0.4, -0.2) is 41.5 Å². The lowest BCUT2D eigenvalue weighted by molar-refractivity contribution is -0.144. The fraction of sp³-hybridized carbons (Fsp3) is 0.692. The lowest BCUT2D eigenvalue weighted by atomic mass is 9.92. The van der Waals surface area contributed by atoms with Gasteiger partial charge in [0.2, 0.25) is 0 Å². The number of amides is 1. The third-order valence-electron chi connectivity index (χ3n) is 5.35. The maximum atomic E-state index is 12.3. The van der Waals surface area contributed by atoms with Crippen LogP contribution in [0, 0.1) is 0 Å². The molecule has 0 aliphatic heterocycles. The van der Waals surface area contributed by atoms with Crippen molar-refractivity contribution in [1.29, 1.82) is 0 Å². The van der Waals surface area contributed by atoms with Crippen LogP contribution in [0.25, 0.3) is 0 Å². The Bertz CT molecular complexity index is 680. The number of aliphatic hydroxyl groups excluding tert-OH is 1. The second-order valence-electron chi connectivity index (χ2n) is 9.68. The van der Waals surface area contributed by atoms with Crippen LogP contribution in [-0.2, 0) is 27.1 Å². The van der Waals surface area contributed by atoms with Gasteiger partial charge in [-0.2, -0.15) is 0 Å². The number of aryl methyl sites for hydroxylation is 2. The molecule has 0 fully saturated rings. The summed E-state index contributed by atoms with van der Waals surface area (Å²) in [6.45, 7) is 8.36. The molecule has 2 N–H and O–H groups in total. The first-order valence-electron chi connectivity index (χ1n) is 11.9. The van der Waals surface area contributed by atoms with Gasteiger partial charge < -0.3 is 19.9 Å². The van der Waals surface area contributed by atoms with Gasteiger partial charge in [-0.05, 0) is 57.6 Å². The molecule has 182 valence electrons. The number of rotatable bonds is 14. The van der Waals surface area contributed by atoms with Gasteiger partial charge in [0.1, 0.15) is 17.7 Å². The van der Waals surface area contributed by atoms with Gasteiger partial charge in [-0.3, -0.25) is 4.79 Å². The van der Waals surface area contributed by atoms with Crippen molar-refractivity contribution in [2.45, 2.75) is 104 Å². The zero-order valence-electron chi connectivity index (χ0n) is 20.7. The molecule has 1 amide bonds. The number of unbranched alkanes of at least 4 members (excludes halogenated alkanes) is 5. The van der Waals surface area contributed by atoms with Crippen molar-refractivity contribution >= 4 is 12.1 Å². The minimum absolute atomic E-state index is 0.117. The molecular formula is C26H43NO5. The summed E-state index contributed by atoms with van der Waals surface area (Å²) >= 11 is 0. The summed E-state index contributed by atoms with van der Waals surface area (Å²) in [5.41, 5.74) is 0.650. The Hall–Kier alpha value is -2.08. The molecule has 0 aliphatic carbocycles. The van der Waals surface area contributed by atoms with Crippen molar-refractivity contribution in [3.8, 4) is 0 Å². The monoisotopic (exact) mass is 449 g/mol. The van der Waals surface area contributed by atoms with Crippen LogP contribution >= 0.6 is 0 Å². The Morgan fingerprint density at radius 2 is 1.50 bits per heavy atom. The molecule has 1 aromatic rings. The highest BCUT2D eigenvalue weighted by atomic mass is 16.6. The van der Waals surface area contributed by atoms with Crippen molar-refractivity contribution in [3.63, 3.8) is 0 Å². The molecular weight excluding hydrogens is 406 g/mol.